The fourth-order valence-corrected chi connectivity index (χ4v) is 2.53. The molecule has 2 N–H and O–H groups in total. The molecule has 114 valence electrons. The normalized spacial score (nSPS) is 11.5. The summed E-state index contributed by atoms with van der Waals surface area (Å²) < 4.78 is 0. The highest BCUT2D eigenvalue weighted by atomic mass is 32.1. The molecule has 2 heterocycles. The van der Waals surface area contributed by atoms with E-state index in [0.717, 1.165) is 36.2 Å². The van der Waals surface area contributed by atoms with Gasteiger partial charge in [0.15, 0.2) is 0 Å². The molecule has 6 heteroatoms. The van der Waals surface area contributed by atoms with E-state index in [4.69, 9.17) is 0 Å². The van der Waals surface area contributed by atoms with E-state index in [1.54, 1.807) is 11.3 Å². The summed E-state index contributed by atoms with van der Waals surface area (Å²) in [7, 11) is 0. The Hall–Kier alpha value is -1.69. The average Bonchev–Trinajstić information content (AvgIpc) is 2.81. The second-order valence-corrected chi connectivity index (χ2v) is 6.90. The summed E-state index contributed by atoms with van der Waals surface area (Å²) in [5.41, 5.74) is 2.86. The third kappa shape index (κ3) is 4.14. The van der Waals surface area contributed by atoms with E-state index in [1.165, 1.54) is 4.88 Å². The molecule has 0 aliphatic heterocycles. The largest absolute Gasteiger partial charge is 0.370 e. The number of anilines is 2. The van der Waals surface area contributed by atoms with Gasteiger partial charge in [0.1, 0.15) is 17.5 Å². The van der Waals surface area contributed by atoms with Crippen LogP contribution in [0, 0.1) is 6.92 Å². The summed E-state index contributed by atoms with van der Waals surface area (Å²) in [5.74, 6) is 2.55. The zero-order valence-electron chi connectivity index (χ0n) is 13.3. The summed E-state index contributed by atoms with van der Waals surface area (Å²) in [6.07, 6.45) is 0. The van der Waals surface area contributed by atoms with Gasteiger partial charge >= 0.3 is 0 Å². The van der Waals surface area contributed by atoms with Crippen LogP contribution in [0.5, 0.6) is 0 Å². The van der Waals surface area contributed by atoms with Crippen LogP contribution in [0.4, 0.5) is 11.6 Å². The molecule has 0 unspecified atom stereocenters. The highest BCUT2D eigenvalue weighted by molar-refractivity contribution is 7.09. The maximum atomic E-state index is 4.64. The molecule has 0 saturated carbocycles. The topological polar surface area (TPSA) is 62.7 Å². The van der Waals surface area contributed by atoms with E-state index < -0.39 is 0 Å². The van der Waals surface area contributed by atoms with Crippen molar-refractivity contribution in [2.75, 3.05) is 17.2 Å². The van der Waals surface area contributed by atoms with Crippen LogP contribution in [-0.2, 0) is 12.0 Å². The highest BCUT2D eigenvalue weighted by Gasteiger charge is 2.19. The monoisotopic (exact) mass is 305 g/mol. The SMILES string of the molecule is CCNc1cc(NCc2scnc2C)nc(C(C)(C)C)n1. The van der Waals surface area contributed by atoms with Crippen LogP contribution in [0.3, 0.4) is 0 Å². The van der Waals surface area contributed by atoms with E-state index in [0.29, 0.717) is 0 Å². The zero-order chi connectivity index (χ0) is 15.5. The summed E-state index contributed by atoms with van der Waals surface area (Å²) in [6, 6.07) is 1.95. The Balaban J connectivity index is 2.21. The number of aryl methyl sites for hydroxylation is 1. The van der Waals surface area contributed by atoms with Gasteiger partial charge < -0.3 is 10.6 Å². The van der Waals surface area contributed by atoms with Crippen LogP contribution < -0.4 is 10.6 Å². The molecule has 0 aliphatic carbocycles. The molecule has 2 rings (SSSR count). The highest BCUT2D eigenvalue weighted by Crippen LogP contribution is 2.23. The Morgan fingerprint density at radius 1 is 1.14 bits per heavy atom. The molecule has 0 saturated heterocycles. The number of thiazole rings is 1. The van der Waals surface area contributed by atoms with E-state index >= 15 is 0 Å². The Labute approximate surface area is 130 Å². The Kier molecular flexibility index (Phi) is 4.77. The van der Waals surface area contributed by atoms with Gasteiger partial charge in [-0.15, -0.1) is 11.3 Å². The summed E-state index contributed by atoms with van der Waals surface area (Å²) in [6.45, 7) is 12.0. The quantitative estimate of drug-likeness (QED) is 0.884. The van der Waals surface area contributed by atoms with Gasteiger partial charge in [0.05, 0.1) is 17.7 Å². The Morgan fingerprint density at radius 2 is 1.81 bits per heavy atom. The van der Waals surface area contributed by atoms with Crippen molar-refractivity contribution in [2.45, 2.75) is 46.6 Å². The van der Waals surface area contributed by atoms with Gasteiger partial charge in [0, 0.05) is 22.9 Å². The molecule has 0 aromatic carbocycles. The van der Waals surface area contributed by atoms with E-state index in [2.05, 4.69) is 53.3 Å². The van der Waals surface area contributed by atoms with Crippen LogP contribution >= 0.6 is 11.3 Å². The Bertz CT molecular complexity index is 600. The summed E-state index contributed by atoms with van der Waals surface area (Å²) in [5, 5.41) is 6.64. The molecule has 0 aliphatic rings. The van der Waals surface area contributed by atoms with Crippen molar-refractivity contribution in [3.8, 4) is 0 Å². The van der Waals surface area contributed by atoms with Gasteiger partial charge in [-0.2, -0.15) is 0 Å². The predicted molar refractivity (Wildman–Crippen MR) is 89.1 cm³/mol. The van der Waals surface area contributed by atoms with Crippen LogP contribution in [0.15, 0.2) is 11.6 Å². The molecule has 2 aromatic rings. The number of hydrogen-bond donors (Lipinski definition) is 2. The number of nitrogens with one attached hydrogen (secondary N) is 2. The average molecular weight is 305 g/mol. The van der Waals surface area contributed by atoms with Gasteiger partial charge in [0.2, 0.25) is 0 Å². The standard InChI is InChI=1S/C15H23N5S/c1-6-16-12-7-13(20-14(19-12)15(3,4)5)17-8-11-10(2)18-9-21-11/h7,9H,6,8H2,1-5H3,(H2,16,17,19,20). The van der Waals surface area contributed by atoms with Gasteiger partial charge in [-0.3, -0.25) is 0 Å². The molecular formula is C15H23N5S. The van der Waals surface area contributed by atoms with Gasteiger partial charge in [-0.25, -0.2) is 15.0 Å². The number of nitrogens with zero attached hydrogens (tertiary/aromatic N) is 3. The van der Waals surface area contributed by atoms with Crippen molar-refractivity contribution < 1.29 is 0 Å². The van der Waals surface area contributed by atoms with Crippen molar-refractivity contribution in [1.29, 1.82) is 0 Å². The van der Waals surface area contributed by atoms with Crippen molar-refractivity contribution in [1.82, 2.24) is 15.0 Å². The number of aromatic nitrogens is 3. The van der Waals surface area contributed by atoms with Crippen LogP contribution in [0.25, 0.3) is 0 Å². The van der Waals surface area contributed by atoms with Crippen LogP contribution in [0.1, 0.15) is 44.1 Å². The molecule has 0 atom stereocenters. The molecule has 2 aromatic heterocycles. The molecule has 0 radical (unpaired) electrons. The maximum absolute atomic E-state index is 4.64. The molecule has 5 nitrogen and oxygen atoms in total. The van der Waals surface area contributed by atoms with Gasteiger partial charge in [0.25, 0.3) is 0 Å². The number of hydrogen-bond acceptors (Lipinski definition) is 6. The lowest BCUT2D eigenvalue weighted by molar-refractivity contribution is 0.546. The molecular weight excluding hydrogens is 282 g/mol. The fraction of sp³-hybridized carbons (Fsp3) is 0.533. The summed E-state index contributed by atoms with van der Waals surface area (Å²) in [4.78, 5) is 14.7. The van der Waals surface area contributed by atoms with Crippen molar-refractivity contribution >= 4 is 23.0 Å². The predicted octanol–water partition coefficient (Wildman–Crippen LogP) is 3.58. The third-order valence-corrected chi connectivity index (χ3v) is 3.96. The van der Waals surface area contributed by atoms with E-state index in [1.807, 2.05) is 18.5 Å². The smallest absolute Gasteiger partial charge is 0.138 e. The minimum absolute atomic E-state index is 0.0811. The van der Waals surface area contributed by atoms with Crippen LogP contribution in [-0.4, -0.2) is 21.5 Å². The third-order valence-electron chi connectivity index (χ3n) is 3.03. The first-order valence-electron chi connectivity index (χ1n) is 7.16. The molecule has 0 fully saturated rings. The van der Waals surface area contributed by atoms with Crippen molar-refractivity contribution in [3.63, 3.8) is 0 Å². The molecule has 21 heavy (non-hydrogen) atoms. The lowest BCUT2D eigenvalue weighted by Crippen LogP contribution is -2.18. The minimum Gasteiger partial charge on any atom is -0.370 e. The molecule has 0 amide bonds. The second-order valence-electron chi connectivity index (χ2n) is 5.96. The van der Waals surface area contributed by atoms with E-state index in [-0.39, 0.29) is 5.41 Å². The number of rotatable bonds is 5. The summed E-state index contributed by atoms with van der Waals surface area (Å²) >= 11 is 1.66. The van der Waals surface area contributed by atoms with Crippen LogP contribution in [0.2, 0.25) is 0 Å². The van der Waals surface area contributed by atoms with Crippen molar-refractivity contribution in [3.05, 3.63) is 28.0 Å². The van der Waals surface area contributed by atoms with Gasteiger partial charge in [-0.05, 0) is 13.8 Å². The fourth-order valence-electron chi connectivity index (χ4n) is 1.81. The first kappa shape index (κ1) is 15.7. The molecule has 0 spiro atoms. The minimum atomic E-state index is -0.0811. The second kappa shape index (κ2) is 6.39. The zero-order valence-corrected chi connectivity index (χ0v) is 14.1. The van der Waals surface area contributed by atoms with Crippen molar-refractivity contribution in [2.24, 2.45) is 0 Å². The Morgan fingerprint density at radius 3 is 2.33 bits per heavy atom. The first-order valence-corrected chi connectivity index (χ1v) is 8.04. The first-order chi connectivity index (χ1) is 9.90. The lowest BCUT2D eigenvalue weighted by atomic mass is 9.96. The van der Waals surface area contributed by atoms with E-state index in [9.17, 15) is 0 Å². The maximum Gasteiger partial charge on any atom is 0.138 e. The lowest BCUT2D eigenvalue weighted by Gasteiger charge is -2.19. The van der Waals surface area contributed by atoms with Gasteiger partial charge in [-0.1, -0.05) is 20.8 Å². The molecule has 0 bridgehead atoms.